The number of ether oxygens (including phenoxy) is 1. The highest BCUT2D eigenvalue weighted by molar-refractivity contribution is 5.96. The molecule has 0 fully saturated rings. The van der Waals surface area contributed by atoms with Crippen molar-refractivity contribution in [2.45, 2.75) is 52.6 Å². The lowest BCUT2D eigenvalue weighted by Crippen LogP contribution is -2.39. The fourth-order valence-corrected chi connectivity index (χ4v) is 1.56. The van der Waals surface area contributed by atoms with Crippen molar-refractivity contribution in [1.29, 1.82) is 0 Å². The van der Waals surface area contributed by atoms with Crippen LogP contribution in [-0.2, 0) is 4.74 Å². The molecule has 1 amide bonds. The average Bonchev–Trinajstić information content (AvgIpc) is 2.59. The first kappa shape index (κ1) is 13.0. The topological polar surface area (TPSA) is 41.9 Å². The third-order valence-corrected chi connectivity index (χ3v) is 2.30. The maximum Gasteiger partial charge on any atom is 0.415 e. The first-order chi connectivity index (χ1) is 7.44. The fourth-order valence-electron chi connectivity index (χ4n) is 1.56. The van der Waals surface area contributed by atoms with E-state index >= 15 is 0 Å². The molecule has 0 N–H and O–H groups in total. The number of unbranched alkanes of at least 4 members (excludes halogenated alkanes) is 1. The summed E-state index contributed by atoms with van der Waals surface area (Å²) in [6.45, 7) is 9.14. The van der Waals surface area contributed by atoms with Gasteiger partial charge in [-0.15, -0.1) is 0 Å². The number of rotatable bonds is 3. The molecule has 0 saturated heterocycles. The minimum Gasteiger partial charge on any atom is -0.443 e. The molecule has 4 nitrogen and oxygen atoms in total. The predicted octanol–water partition coefficient (Wildman–Crippen LogP) is 2.83. The van der Waals surface area contributed by atoms with Crippen LogP contribution in [0.1, 0.15) is 47.0 Å². The molecule has 0 unspecified atom stereocenters. The van der Waals surface area contributed by atoms with Crippen LogP contribution in [0.4, 0.5) is 4.79 Å². The number of amides is 1. The van der Waals surface area contributed by atoms with Crippen molar-refractivity contribution in [2.24, 2.45) is 4.99 Å². The van der Waals surface area contributed by atoms with Gasteiger partial charge in [0.05, 0.1) is 13.1 Å². The van der Waals surface area contributed by atoms with Crippen molar-refractivity contribution in [3.05, 3.63) is 0 Å². The summed E-state index contributed by atoms with van der Waals surface area (Å²) in [4.78, 5) is 17.9. The van der Waals surface area contributed by atoms with Gasteiger partial charge in [0.2, 0.25) is 0 Å². The van der Waals surface area contributed by atoms with E-state index < -0.39 is 5.60 Å². The summed E-state index contributed by atoms with van der Waals surface area (Å²) in [5, 5.41) is 0. The molecule has 0 radical (unpaired) electrons. The Labute approximate surface area is 97.7 Å². The molecular formula is C12H22N2O2. The Morgan fingerprint density at radius 1 is 1.50 bits per heavy atom. The Kier molecular flexibility index (Phi) is 4.33. The summed E-state index contributed by atoms with van der Waals surface area (Å²) in [5.74, 6) is 0.885. The molecule has 0 aromatic carbocycles. The lowest BCUT2D eigenvalue weighted by Gasteiger charge is -2.25. The second-order valence-corrected chi connectivity index (χ2v) is 5.03. The largest absolute Gasteiger partial charge is 0.443 e. The van der Waals surface area contributed by atoms with Gasteiger partial charge in [-0.3, -0.25) is 9.89 Å². The molecule has 1 rings (SSSR count). The molecule has 0 spiro atoms. The average molecular weight is 226 g/mol. The van der Waals surface area contributed by atoms with E-state index in [2.05, 4.69) is 11.9 Å². The van der Waals surface area contributed by atoms with Crippen LogP contribution < -0.4 is 0 Å². The molecule has 0 bridgehead atoms. The Bertz CT molecular complexity index is 279. The van der Waals surface area contributed by atoms with Gasteiger partial charge in [-0.25, -0.2) is 4.79 Å². The lowest BCUT2D eigenvalue weighted by atomic mass is 10.2. The van der Waals surface area contributed by atoms with Crippen molar-refractivity contribution in [3.8, 4) is 0 Å². The van der Waals surface area contributed by atoms with Gasteiger partial charge in [0.25, 0.3) is 0 Å². The Morgan fingerprint density at radius 2 is 2.19 bits per heavy atom. The highest BCUT2D eigenvalue weighted by Crippen LogP contribution is 2.14. The monoisotopic (exact) mass is 226 g/mol. The Balaban J connectivity index is 2.53. The van der Waals surface area contributed by atoms with Crippen molar-refractivity contribution in [3.63, 3.8) is 0 Å². The number of amidine groups is 1. The zero-order chi connectivity index (χ0) is 12.2. The summed E-state index contributed by atoms with van der Waals surface area (Å²) >= 11 is 0. The van der Waals surface area contributed by atoms with Gasteiger partial charge in [-0.1, -0.05) is 13.3 Å². The number of hydrogen-bond acceptors (Lipinski definition) is 3. The number of hydrogen-bond donors (Lipinski definition) is 0. The number of carbonyl (C=O) groups is 1. The first-order valence-corrected chi connectivity index (χ1v) is 5.98. The quantitative estimate of drug-likeness (QED) is 0.742. The van der Waals surface area contributed by atoms with Crippen LogP contribution in [0.3, 0.4) is 0 Å². The van der Waals surface area contributed by atoms with Crippen LogP contribution in [0.5, 0.6) is 0 Å². The fraction of sp³-hybridized carbons (Fsp3) is 0.833. The summed E-state index contributed by atoms with van der Waals surface area (Å²) < 4.78 is 5.34. The molecule has 0 aromatic heterocycles. The molecule has 1 aliphatic heterocycles. The van der Waals surface area contributed by atoms with Crippen molar-refractivity contribution in [2.75, 3.05) is 13.1 Å². The number of aliphatic imine (C=N–C) groups is 1. The molecular weight excluding hydrogens is 204 g/mol. The number of carbonyl (C=O) groups excluding carboxylic acids is 1. The van der Waals surface area contributed by atoms with E-state index in [4.69, 9.17) is 4.74 Å². The van der Waals surface area contributed by atoms with E-state index in [-0.39, 0.29) is 6.09 Å². The highest BCUT2D eigenvalue weighted by atomic mass is 16.6. The Morgan fingerprint density at radius 3 is 2.75 bits per heavy atom. The molecule has 92 valence electrons. The van der Waals surface area contributed by atoms with E-state index in [1.165, 1.54) is 0 Å². The maximum absolute atomic E-state index is 11.9. The SMILES string of the molecule is CCCCC1=NCCN1C(=O)OC(C)(C)C. The zero-order valence-electron chi connectivity index (χ0n) is 10.7. The van der Waals surface area contributed by atoms with E-state index in [0.29, 0.717) is 13.1 Å². The standard InChI is InChI=1S/C12H22N2O2/c1-5-6-7-10-13-8-9-14(10)11(15)16-12(2,3)4/h5-9H2,1-4H3. The second-order valence-electron chi connectivity index (χ2n) is 5.03. The highest BCUT2D eigenvalue weighted by Gasteiger charge is 2.27. The van der Waals surface area contributed by atoms with Crippen LogP contribution in [0.2, 0.25) is 0 Å². The molecule has 4 heteroatoms. The van der Waals surface area contributed by atoms with Gasteiger partial charge in [0, 0.05) is 6.42 Å². The van der Waals surface area contributed by atoms with Gasteiger partial charge in [-0.05, 0) is 27.2 Å². The third-order valence-electron chi connectivity index (χ3n) is 2.30. The molecule has 16 heavy (non-hydrogen) atoms. The van der Waals surface area contributed by atoms with Crippen LogP contribution >= 0.6 is 0 Å². The summed E-state index contributed by atoms with van der Waals surface area (Å²) in [7, 11) is 0. The normalized spacial score (nSPS) is 16.2. The van der Waals surface area contributed by atoms with Crippen molar-refractivity contribution in [1.82, 2.24) is 4.90 Å². The van der Waals surface area contributed by atoms with Crippen LogP contribution in [-0.4, -0.2) is 35.5 Å². The van der Waals surface area contributed by atoms with Crippen LogP contribution in [0.25, 0.3) is 0 Å². The predicted molar refractivity (Wildman–Crippen MR) is 64.8 cm³/mol. The van der Waals surface area contributed by atoms with Crippen LogP contribution in [0, 0.1) is 0 Å². The lowest BCUT2D eigenvalue weighted by molar-refractivity contribution is 0.0381. The van der Waals surface area contributed by atoms with E-state index in [1.807, 2.05) is 20.8 Å². The van der Waals surface area contributed by atoms with Gasteiger partial charge in [0.1, 0.15) is 11.4 Å². The number of nitrogens with zero attached hydrogens (tertiary/aromatic N) is 2. The van der Waals surface area contributed by atoms with E-state index in [0.717, 1.165) is 25.1 Å². The van der Waals surface area contributed by atoms with E-state index in [1.54, 1.807) is 4.90 Å². The molecule has 0 atom stereocenters. The van der Waals surface area contributed by atoms with Gasteiger partial charge < -0.3 is 4.74 Å². The summed E-state index contributed by atoms with van der Waals surface area (Å²) in [6.07, 6.45) is 2.79. The van der Waals surface area contributed by atoms with Gasteiger partial charge in [0.15, 0.2) is 0 Å². The van der Waals surface area contributed by atoms with Gasteiger partial charge in [-0.2, -0.15) is 0 Å². The molecule has 0 aliphatic carbocycles. The molecule has 1 heterocycles. The van der Waals surface area contributed by atoms with E-state index in [9.17, 15) is 4.79 Å². The minimum atomic E-state index is -0.435. The maximum atomic E-state index is 11.9. The second kappa shape index (κ2) is 5.32. The molecule has 0 saturated carbocycles. The summed E-state index contributed by atoms with van der Waals surface area (Å²) in [5.41, 5.74) is -0.435. The minimum absolute atomic E-state index is 0.264. The van der Waals surface area contributed by atoms with Crippen molar-refractivity contribution >= 4 is 11.9 Å². The van der Waals surface area contributed by atoms with Gasteiger partial charge >= 0.3 is 6.09 Å². The molecule has 0 aromatic rings. The van der Waals surface area contributed by atoms with Crippen molar-refractivity contribution < 1.29 is 9.53 Å². The smallest absolute Gasteiger partial charge is 0.415 e. The third kappa shape index (κ3) is 3.83. The van der Waals surface area contributed by atoms with Crippen LogP contribution in [0.15, 0.2) is 4.99 Å². The summed E-state index contributed by atoms with van der Waals surface area (Å²) in [6, 6.07) is 0. The Hall–Kier alpha value is -1.06. The molecule has 1 aliphatic rings. The first-order valence-electron chi connectivity index (χ1n) is 5.98. The zero-order valence-corrected chi connectivity index (χ0v) is 10.7.